The molecule has 2 aromatic rings. The summed E-state index contributed by atoms with van der Waals surface area (Å²) in [5.74, 6) is -0.429. The third-order valence-corrected chi connectivity index (χ3v) is 2.95. The van der Waals surface area contributed by atoms with E-state index in [0.717, 1.165) is 12.0 Å². The van der Waals surface area contributed by atoms with Crippen molar-refractivity contribution in [3.8, 4) is 0 Å². The van der Waals surface area contributed by atoms with E-state index in [0.29, 0.717) is 21.5 Å². The topological polar surface area (TPSA) is 22.0 Å². The van der Waals surface area contributed by atoms with Crippen LogP contribution in [0.15, 0.2) is 12.1 Å². The normalized spacial score (nSPS) is 10.9. The van der Waals surface area contributed by atoms with Crippen LogP contribution >= 0.6 is 11.6 Å². The Labute approximate surface area is 91.3 Å². The lowest BCUT2D eigenvalue weighted by atomic mass is 10.1. The summed E-state index contributed by atoms with van der Waals surface area (Å²) in [5.41, 5.74) is 1.97. The number of fused-ring (bicyclic) bond motifs is 1. The number of aryl methyl sites for hydroxylation is 1. The van der Waals surface area contributed by atoms with E-state index in [1.807, 2.05) is 0 Å². The van der Waals surface area contributed by atoms with Gasteiger partial charge in [0.05, 0.1) is 10.5 Å². The maximum atomic E-state index is 13.1. The van der Waals surface area contributed by atoms with Crippen molar-refractivity contribution in [1.29, 1.82) is 0 Å². The van der Waals surface area contributed by atoms with Gasteiger partial charge in [0.2, 0.25) is 0 Å². The number of aromatic nitrogens is 1. The number of halogens is 2. The average Bonchev–Trinajstić information content (AvgIpc) is 2.39. The Morgan fingerprint density at radius 2 is 2.13 bits per heavy atom. The van der Waals surface area contributed by atoms with Crippen LogP contribution in [0.3, 0.4) is 0 Å². The summed E-state index contributed by atoms with van der Waals surface area (Å²) < 4.78 is 14.9. The molecule has 1 aromatic carbocycles. The van der Waals surface area contributed by atoms with Crippen LogP contribution in [0.4, 0.5) is 4.39 Å². The average molecular weight is 226 g/mol. The molecule has 0 saturated carbocycles. The van der Waals surface area contributed by atoms with E-state index >= 15 is 0 Å². The summed E-state index contributed by atoms with van der Waals surface area (Å²) in [5, 5.41) is 0.888. The Bertz CT molecular complexity index is 559. The van der Waals surface area contributed by atoms with E-state index in [4.69, 9.17) is 11.6 Å². The van der Waals surface area contributed by atoms with Crippen LogP contribution in [-0.2, 0) is 7.05 Å². The van der Waals surface area contributed by atoms with Crippen LogP contribution in [0.2, 0.25) is 5.02 Å². The predicted molar refractivity (Wildman–Crippen MR) is 58.0 cm³/mol. The molecule has 0 aliphatic carbocycles. The minimum atomic E-state index is -0.429. The quantitative estimate of drug-likeness (QED) is 0.684. The number of nitrogens with zero attached hydrogens (tertiary/aromatic N) is 1. The molecule has 15 heavy (non-hydrogen) atoms. The second kappa shape index (κ2) is 3.35. The van der Waals surface area contributed by atoms with E-state index < -0.39 is 5.82 Å². The smallest absolute Gasteiger partial charge is 0.152 e. The fourth-order valence-corrected chi connectivity index (χ4v) is 2.14. The molecule has 0 N–H and O–H groups in total. The van der Waals surface area contributed by atoms with Gasteiger partial charge in [-0.2, -0.15) is 0 Å². The molecule has 1 aromatic heterocycles. The third-order valence-electron chi connectivity index (χ3n) is 2.66. The molecule has 78 valence electrons. The van der Waals surface area contributed by atoms with E-state index in [9.17, 15) is 9.18 Å². The Morgan fingerprint density at radius 1 is 1.47 bits per heavy atom. The van der Waals surface area contributed by atoms with Crippen molar-refractivity contribution in [2.75, 3.05) is 0 Å². The molecule has 0 spiro atoms. The van der Waals surface area contributed by atoms with Crippen molar-refractivity contribution in [1.82, 2.24) is 4.57 Å². The highest BCUT2D eigenvalue weighted by Gasteiger charge is 2.14. The number of aldehydes is 1. The van der Waals surface area contributed by atoms with E-state index in [1.165, 1.54) is 12.1 Å². The van der Waals surface area contributed by atoms with E-state index in [1.54, 1.807) is 18.5 Å². The minimum Gasteiger partial charge on any atom is -0.346 e. The van der Waals surface area contributed by atoms with Crippen LogP contribution < -0.4 is 0 Å². The second-order valence-electron chi connectivity index (χ2n) is 3.46. The van der Waals surface area contributed by atoms with Gasteiger partial charge in [0.25, 0.3) is 0 Å². The number of hydrogen-bond acceptors (Lipinski definition) is 1. The maximum absolute atomic E-state index is 13.1. The lowest BCUT2D eigenvalue weighted by Crippen LogP contribution is -1.91. The minimum absolute atomic E-state index is 0.323. The first-order chi connectivity index (χ1) is 7.06. The van der Waals surface area contributed by atoms with Gasteiger partial charge in [0.15, 0.2) is 6.29 Å². The zero-order valence-electron chi connectivity index (χ0n) is 8.34. The number of carbonyl (C=O) groups excluding carboxylic acids is 1. The largest absolute Gasteiger partial charge is 0.346 e. The molecule has 0 atom stereocenters. The molecule has 0 saturated heterocycles. The summed E-state index contributed by atoms with van der Waals surface area (Å²) >= 11 is 5.93. The Balaban J connectivity index is 3.03. The molecule has 1 heterocycles. The van der Waals surface area contributed by atoms with Crippen LogP contribution in [0.5, 0.6) is 0 Å². The highest BCUT2D eigenvalue weighted by atomic mass is 35.5. The molecular formula is C11H9ClFNO. The van der Waals surface area contributed by atoms with Crippen molar-refractivity contribution in [2.24, 2.45) is 7.05 Å². The lowest BCUT2D eigenvalue weighted by molar-refractivity contribution is 0.112. The zero-order valence-corrected chi connectivity index (χ0v) is 9.10. The molecule has 0 bridgehead atoms. The Kier molecular flexibility index (Phi) is 2.27. The first-order valence-corrected chi connectivity index (χ1v) is 4.83. The monoisotopic (exact) mass is 225 g/mol. The second-order valence-corrected chi connectivity index (χ2v) is 3.87. The van der Waals surface area contributed by atoms with Gasteiger partial charge in [-0.1, -0.05) is 11.6 Å². The first-order valence-electron chi connectivity index (χ1n) is 4.45. The molecule has 0 aliphatic heterocycles. The van der Waals surface area contributed by atoms with Gasteiger partial charge < -0.3 is 4.57 Å². The van der Waals surface area contributed by atoms with Crippen LogP contribution in [0.1, 0.15) is 16.1 Å². The lowest BCUT2D eigenvalue weighted by Gasteiger charge is -2.00. The molecular weight excluding hydrogens is 217 g/mol. The molecule has 0 aliphatic rings. The summed E-state index contributed by atoms with van der Waals surface area (Å²) in [7, 11) is 1.80. The number of hydrogen-bond donors (Lipinski definition) is 0. The van der Waals surface area contributed by atoms with Crippen molar-refractivity contribution >= 4 is 28.8 Å². The standard InChI is InChI=1S/C11H9ClFNO/c1-6-9(5-15)8-3-7(13)4-10(12)11(8)14(6)2/h3-5H,1-2H3. The van der Waals surface area contributed by atoms with Crippen molar-refractivity contribution in [2.45, 2.75) is 6.92 Å². The van der Waals surface area contributed by atoms with Crippen molar-refractivity contribution in [3.63, 3.8) is 0 Å². The highest BCUT2D eigenvalue weighted by Crippen LogP contribution is 2.30. The molecule has 2 nitrogen and oxygen atoms in total. The van der Waals surface area contributed by atoms with Crippen LogP contribution in [0.25, 0.3) is 10.9 Å². The predicted octanol–water partition coefficient (Wildman–Crippen LogP) is 3.09. The highest BCUT2D eigenvalue weighted by molar-refractivity contribution is 6.35. The third kappa shape index (κ3) is 1.35. The maximum Gasteiger partial charge on any atom is 0.152 e. The molecule has 4 heteroatoms. The van der Waals surface area contributed by atoms with Gasteiger partial charge in [-0.3, -0.25) is 4.79 Å². The van der Waals surface area contributed by atoms with E-state index in [-0.39, 0.29) is 0 Å². The van der Waals surface area contributed by atoms with Gasteiger partial charge in [-0.25, -0.2) is 4.39 Å². The van der Waals surface area contributed by atoms with Crippen molar-refractivity contribution < 1.29 is 9.18 Å². The Morgan fingerprint density at radius 3 is 2.73 bits per heavy atom. The molecule has 0 amide bonds. The molecule has 0 unspecified atom stereocenters. The van der Waals surface area contributed by atoms with Gasteiger partial charge in [-0.15, -0.1) is 0 Å². The first kappa shape index (κ1) is 10.2. The summed E-state index contributed by atoms with van der Waals surface area (Å²) in [4.78, 5) is 10.9. The molecule has 0 fully saturated rings. The summed E-state index contributed by atoms with van der Waals surface area (Å²) in [6, 6.07) is 2.58. The van der Waals surface area contributed by atoms with Gasteiger partial charge in [0, 0.05) is 23.7 Å². The summed E-state index contributed by atoms with van der Waals surface area (Å²) in [6.45, 7) is 1.80. The van der Waals surface area contributed by atoms with Gasteiger partial charge in [-0.05, 0) is 19.1 Å². The van der Waals surface area contributed by atoms with Crippen LogP contribution in [0, 0.1) is 12.7 Å². The number of rotatable bonds is 1. The van der Waals surface area contributed by atoms with Crippen molar-refractivity contribution in [3.05, 3.63) is 34.2 Å². The summed E-state index contributed by atoms with van der Waals surface area (Å²) in [6.07, 6.45) is 0.730. The zero-order chi connectivity index (χ0) is 11.2. The van der Waals surface area contributed by atoms with Crippen LogP contribution in [-0.4, -0.2) is 10.9 Å². The van der Waals surface area contributed by atoms with Gasteiger partial charge in [0.1, 0.15) is 5.82 Å². The SMILES string of the molecule is Cc1c(C=O)c2cc(F)cc(Cl)c2n1C. The molecule has 0 radical (unpaired) electrons. The fourth-order valence-electron chi connectivity index (χ4n) is 1.80. The fraction of sp³-hybridized carbons (Fsp3) is 0.182. The van der Waals surface area contributed by atoms with Gasteiger partial charge >= 0.3 is 0 Å². The number of carbonyl (C=O) groups is 1. The molecule has 2 rings (SSSR count). The van der Waals surface area contributed by atoms with E-state index in [2.05, 4.69) is 0 Å². The number of benzene rings is 1. The Hall–Kier alpha value is -1.35.